The van der Waals surface area contributed by atoms with Gasteiger partial charge in [0, 0.05) is 12.3 Å². The molecule has 2 atom stereocenters. The Balaban J connectivity index is 2.47. The summed E-state index contributed by atoms with van der Waals surface area (Å²) in [6.07, 6.45) is 0.746. The first-order chi connectivity index (χ1) is 7.74. The fourth-order valence-corrected chi connectivity index (χ4v) is 1.73. The molecule has 6 nitrogen and oxygen atoms in total. The molecular formula is C11H18N2O4. The Kier molecular flexibility index (Phi) is 3.75. The Hall–Kier alpha value is -1.59. The normalized spacial score (nSPS) is 22.6. The molecule has 0 spiro atoms. The zero-order valence-electron chi connectivity index (χ0n) is 10.0. The number of carbonyl (C=O) groups excluding carboxylic acids is 2. The second kappa shape index (κ2) is 4.73. The molecule has 0 aromatic rings. The minimum absolute atomic E-state index is 0.0313. The highest BCUT2D eigenvalue weighted by Crippen LogP contribution is 2.51. The Morgan fingerprint density at radius 2 is 2.00 bits per heavy atom. The number of aliphatic carboxylic acids is 1. The van der Waals surface area contributed by atoms with Crippen molar-refractivity contribution in [2.24, 2.45) is 17.1 Å². The van der Waals surface area contributed by atoms with Crippen molar-refractivity contribution in [2.45, 2.75) is 39.2 Å². The predicted octanol–water partition coefficient (Wildman–Crippen LogP) is -0.133. The van der Waals surface area contributed by atoms with Crippen molar-refractivity contribution in [3.63, 3.8) is 0 Å². The van der Waals surface area contributed by atoms with Gasteiger partial charge in [0.1, 0.15) is 6.04 Å². The molecule has 0 heterocycles. The van der Waals surface area contributed by atoms with E-state index in [1.165, 1.54) is 0 Å². The molecule has 0 aromatic carbocycles. The first-order valence-electron chi connectivity index (χ1n) is 5.55. The molecule has 1 fully saturated rings. The van der Waals surface area contributed by atoms with E-state index in [0.29, 0.717) is 0 Å². The van der Waals surface area contributed by atoms with Crippen LogP contribution in [0.4, 0.5) is 0 Å². The van der Waals surface area contributed by atoms with Crippen molar-refractivity contribution in [1.29, 1.82) is 0 Å². The molecule has 1 saturated carbocycles. The lowest BCUT2D eigenvalue weighted by Crippen LogP contribution is -2.42. The number of hydrogen-bond acceptors (Lipinski definition) is 3. The highest BCUT2D eigenvalue weighted by atomic mass is 16.4. The molecule has 6 heteroatoms. The summed E-state index contributed by atoms with van der Waals surface area (Å²) in [4.78, 5) is 33.2. The summed E-state index contributed by atoms with van der Waals surface area (Å²) in [5.74, 6) is -2.10. The standard InChI is InChI=1S/C11H18N2O4/c1-11(2)5-6(11)9(15)13-7(10(16)17)3-4-8(12)14/h6-7H,3-5H2,1-2H3,(H2,12,14)(H,13,15)(H,16,17). The van der Waals surface area contributed by atoms with Gasteiger partial charge in [-0.2, -0.15) is 0 Å². The van der Waals surface area contributed by atoms with Gasteiger partial charge in [-0.3, -0.25) is 9.59 Å². The maximum atomic E-state index is 11.7. The highest BCUT2D eigenvalue weighted by Gasteiger charge is 2.51. The Morgan fingerprint density at radius 1 is 1.47 bits per heavy atom. The third-order valence-electron chi connectivity index (χ3n) is 3.12. The van der Waals surface area contributed by atoms with Gasteiger partial charge in [-0.15, -0.1) is 0 Å². The molecule has 2 unspecified atom stereocenters. The largest absolute Gasteiger partial charge is 0.480 e. The number of carbonyl (C=O) groups is 3. The molecule has 17 heavy (non-hydrogen) atoms. The minimum atomic E-state index is -1.14. The molecule has 1 rings (SSSR count). The van der Waals surface area contributed by atoms with Crippen molar-refractivity contribution in [1.82, 2.24) is 5.32 Å². The number of rotatable bonds is 6. The van der Waals surface area contributed by atoms with Crippen LogP contribution in [0, 0.1) is 11.3 Å². The second-order valence-electron chi connectivity index (χ2n) is 5.15. The van der Waals surface area contributed by atoms with E-state index in [2.05, 4.69) is 5.32 Å². The number of nitrogens with one attached hydrogen (secondary N) is 1. The SMILES string of the molecule is CC1(C)CC1C(=O)NC(CCC(N)=O)C(=O)O. The van der Waals surface area contributed by atoms with Gasteiger partial charge >= 0.3 is 5.97 Å². The molecule has 96 valence electrons. The third kappa shape index (κ3) is 3.72. The van der Waals surface area contributed by atoms with E-state index in [4.69, 9.17) is 10.8 Å². The van der Waals surface area contributed by atoms with Crippen molar-refractivity contribution in [3.8, 4) is 0 Å². The summed E-state index contributed by atoms with van der Waals surface area (Å²) in [7, 11) is 0. The number of primary amides is 1. The Morgan fingerprint density at radius 3 is 2.35 bits per heavy atom. The van der Waals surface area contributed by atoms with Gasteiger partial charge in [0.15, 0.2) is 0 Å². The van der Waals surface area contributed by atoms with E-state index in [-0.39, 0.29) is 30.1 Å². The molecule has 2 amide bonds. The summed E-state index contributed by atoms with van der Waals surface area (Å²) >= 11 is 0. The zero-order chi connectivity index (χ0) is 13.2. The fraction of sp³-hybridized carbons (Fsp3) is 0.727. The fourth-order valence-electron chi connectivity index (χ4n) is 1.73. The Bertz CT molecular complexity index is 351. The van der Waals surface area contributed by atoms with Crippen molar-refractivity contribution >= 4 is 17.8 Å². The lowest BCUT2D eigenvalue weighted by atomic mass is 10.1. The van der Waals surface area contributed by atoms with Crippen LogP contribution in [0.3, 0.4) is 0 Å². The third-order valence-corrected chi connectivity index (χ3v) is 3.12. The molecule has 1 aliphatic rings. The average Bonchev–Trinajstić information content (AvgIpc) is 2.81. The first-order valence-corrected chi connectivity index (χ1v) is 5.55. The summed E-state index contributed by atoms with van der Waals surface area (Å²) in [5, 5.41) is 11.3. The number of hydrogen-bond donors (Lipinski definition) is 3. The molecular weight excluding hydrogens is 224 g/mol. The average molecular weight is 242 g/mol. The van der Waals surface area contributed by atoms with Crippen LogP contribution in [0.5, 0.6) is 0 Å². The minimum Gasteiger partial charge on any atom is -0.480 e. The smallest absolute Gasteiger partial charge is 0.326 e. The van der Waals surface area contributed by atoms with Crippen LogP contribution in [0.2, 0.25) is 0 Å². The van der Waals surface area contributed by atoms with Gasteiger partial charge in [-0.25, -0.2) is 4.79 Å². The van der Waals surface area contributed by atoms with Crippen LogP contribution >= 0.6 is 0 Å². The quantitative estimate of drug-likeness (QED) is 0.602. The maximum Gasteiger partial charge on any atom is 0.326 e. The van der Waals surface area contributed by atoms with Gasteiger partial charge in [0.05, 0.1) is 0 Å². The van der Waals surface area contributed by atoms with E-state index in [1.54, 1.807) is 0 Å². The number of carboxylic acid groups (broad SMARTS) is 1. The number of amides is 2. The van der Waals surface area contributed by atoms with Crippen LogP contribution in [-0.4, -0.2) is 28.9 Å². The lowest BCUT2D eigenvalue weighted by molar-refractivity contribution is -0.142. The van der Waals surface area contributed by atoms with Crippen LogP contribution in [0.15, 0.2) is 0 Å². The van der Waals surface area contributed by atoms with E-state index in [1.807, 2.05) is 13.8 Å². The molecule has 1 aliphatic carbocycles. The zero-order valence-corrected chi connectivity index (χ0v) is 10.0. The van der Waals surface area contributed by atoms with Gasteiger partial charge < -0.3 is 16.2 Å². The van der Waals surface area contributed by atoms with Crippen molar-refractivity contribution < 1.29 is 19.5 Å². The van der Waals surface area contributed by atoms with Gasteiger partial charge in [0.25, 0.3) is 0 Å². The molecule has 0 radical (unpaired) electrons. The van der Waals surface area contributed by atoms with Gasteiger partial charge in [-0.1, -0.05) is 13.8 Å². The van der Waals surface area contributed by atoms with Gasteiger partial charge in [-0.05, 0) is 18.3 Å². The monoisotopic (exact) mass is 242 g/mol. The van der Waals surface area contributed by atoms with Crippen molar-refractivity contribution in [3.05, 3.63) is 0 Å². The van der Waals surface area contributed by atoms with Crippen molar-refractivity contribution in [2.75, 3.05) is 0 Å². The maximum absolute atomic E-state index is 11.7. The van der Waals surface area contributed by atoms with E-state index >= 15 is 0 Å². The van der Waals surface area contributed by atoms with E-state index in [9.17, 15) is 14.4 Å². The summed E-state index contributed by atoms with van der Waals surface area (Å²) in [6.45, 7) is 3.91. The summed E-state index contributed by atoms with van der Waals surface area (Å²) in [6, 6.07) is -1.04. The molecule has 0 aliphatic heterocycles. The highest BCUT2D eigenvalue weighted by molar-refractivity contribution is 5.87. The van der Waals surface area contributed by atoms with Gasteiger partial charge in [0.2, 0.25) is 11.8 Å². The topological polar surface area (TPSA) is 109 Å². The van der Waals surface area contributed by atoms with Crippen LogP contribution < -0.4 is 11.1 Å². The Labute approximate surface area is 99.6 Å². The second-order valence-corrected chi connectivity index (χ2v) is 5.15. The number of nitrogens with two attached hydrogens (primary N) is 1. The number of carboxylic acids is 1. The summed E-state index contributed by atoms with van der Waals surface area (Å²) < 4.78 is 0. The molecule has 0 aromatic heterocycles. The molecule has 0 saturated heterocycles. The lowest BCUT2D eigenvalue weighted by Gasteiger charge is -2.14. The van der Waals surface area contributed by atoms with E-state index < -0.39 is 17.9 Å². The first kappa shape index (κ1) is 13.5. The van der Waals surface area contributed by atoms with Crippen LogP contribution in [-0.2, 0) is 14.4 Å². The molecule has 4 N–H and O–H groups in total. The molecule has 0 bridgehead atoms. The predicted molar refractivity (Wildman–Crippen MR) is 59.9 cm³/mol. The summed E-state index contributed by atoms with van der Waals surface area (Å²) in [5.41, 5.74) is 4.90. The van der Waals surface area contributed by atoms with Crippen LogP contribution in [0.1, 0.15) is 33.1 Å². The van der Waals surface area contributed by atoms with E-state index in [0.717, 1.165) is 6.42 Å². The van der Waals surface area contributed by atoms with Crippen LogP contribution in [0.25, 0.3) is 0 Å².